The number of anilines is 1. The smallest absolute Gasteiger partial charge is 0.251 e. The third kappa shape index (κ3) is 5.97. The Morgan fingerprint density at radius 3 is 2.54 bits per heavy atom. The van der Waals surface area contributed by atoms with E-state index in [1.54, 1.807) is 24.4 Å². The fourth-order valence-electron chi connectivity index (χ4n) is 5.15. The summed E-state index contributed by atoms with van der Waals surface area (Å²) in [7, 11) is 0. The number of carbonyl (C=O) groups is 2. The molecule has 6 nitrogen and oxygen atoms in total. The number of hydrogen-bond acceptors (Lipinski definition) is 4. The van der Waals surface area contributed by atoms with Crippen molar-refractivity contribution >= 4 is 29.4 Å². The van der Waals surface area contributed by atoms with Crippen molar-refractivity contribution in [1.29, 1.82) is 0 Å². The van der Waals surface area contributed by atoms with Gasteiger partial charge in [-0.05, 0) is 79.4 Å². The molecule has 3 aromatic carbocycles. The summed E-state index contributed by atoms with van der Waals surface area (Å²) in [5.74, 6) is -0.821. The summed E-state index contributed by atoms with van der Waals surface area (Å²) in [6.07, 6.45) is 6.36. The molecule has 3 aromatic rings. The first-order chi connectivity index (χ1) is 18.1. The predicted molar refractivity (Wildman–Crippen MR) is 148 cm³/mol. The van der Waals surface area contributed by atoms with E-state index in [0.717, 1.165) is 35.5 Å². The molecule has 6 heteroatoms. The van der Waals surface area contributed by atoms with E-state index >= 15 is 0 Å². The van der Waals surface area contributed by atoms with Crippen LogP contribution in [0, 0.1) is 0 Å². The Balaban J connectivity index is 1.27. The van der Waals surface area contributed by atoms with Gasteiger partial charge in [0.25, 0.3) is 5.91 Å². The third-order valence-electron chi connectivity index (χ3n) is 7.27. The van der Waals surface area contributed by atoms with E-state index in [2.05, 4.69) is 39.6 Å². The fourth-order valence-corrected chi connectivity index (χ4v) is 5.15. The van der Waals surface area contributed by atoms with Gasteiger partial charge in [0.05, 0.1) is 11.7 Å². The van der Waals surface area contributed by atoms with Crippen LogP contribution in [0.2, 0.25) is 0 Å². The van der Waals surface area contributed by atoms with Crippen LogP contribution in [-0.4, -0.2) is 36.0 Å². The number of fused-ring (bicyclic) bond motifs is 1. The van der Waals surface area contributed by atoms with Crippen LogP contribution in [0.4, 0.5) is 11.4 Å². The van der Waals surface area contributed by atoms with Gasteiger partial charge in [0.2, 0.25) is 5.91 Å². The number of rotatable bonds is 8. The maximum atomic E-state index is 13.1. The lowest BCUT2D eigenvalue weighted by Gasteiger charge is -2.26. The average molecular weight is 495 g/mol. The van der Waals surface area contributed by atoms with Crippen molar-refractivity contribution in [2.45, 2.75) is 51.1 Å². The van der Waals surface area contributed by atoms with Crippen molar-refractivity contribution in [2.24, 2.45) is 4.99 Å². The highest BCUT2D eigenvalue weighted by Gasteiger charge is 2.30. The molecule has 2 heterocycles. The second-order valence-electron chi connectivity index (χ2n) is 9.90. The lowest BCUT2D eigenvalue weighted by Crippen LogP contribution is -2.28. The molecule has 0 aromatic heterocycles. The molecule has 0 bridgehead atoms. The first-order valence-electron chi connectivity index (χ1n) is 13.3. The molecule has 2 atom stereocenters. The maximum absolute atomic E-state index is 13.1. The minimum atomic E-state index is -0.535. The average Bonchev–Trinajstić information content (AvgIpc) is 3.26. The molecule has 2 N–H and O–H groups in total. The molecule has 0 aliphatic carbocycles. The summed E-state index contributed by atoms with van der Waals surface area (Å²) < 4.78 is 0. The molecule has 0 spiro atoms. The monoisotopic (exact) mass is 494 g/mol. The zero-order valence-corrected chi connectivity index (χ0v) is 21.3. The number of likely N-dealkylation sites (tertiary alicyclic amines) is 1. The fraction of sp³-hybridized carbons (Fsp3) is 0.323. The summed E-state index contributed by atoms with van der Waals surface area (Å²) >= 11 is 0. The van der Waals surface area contributed by atoms with E-state index in [1.807, 2.05) is 42.5 Å². The van der Waals surface area contributed by atoms with Crippen LogP contribution in [0.5, 0.6) is 0 Å². The van der Waals surface area contributed by atoms with Gasteiger partial charge in [-0.2, -0.15) is 0 Å². The Morgan fingerprint density at radius 1 is 1.05 bits per heavy atom. The number of nitrogens with zero attached hydrogens (tertiary/aromatic N) is 2. The van der Waals surface area contributed by atoms with E-state index in [9.17, 15) is 9.59 Å². The zero-order valence-electron chi connectivity index (χ0n) is 21.3. The van der Waals surface area contributed by atoms with E-state index in [4.69, 9.17) is 0 Å². The van der Waals surface area contributed by atoms with Crippen LogP contribution in [0.15, 0.2) is 77.8 Å². The molecule has 2 aliphatic rings. The Morgan fingerprint density at radius 2 is 1.81 bits per heavy atom. The van der Waals surface area contributed by atoms with E-state index in [1.165, 1.54) is 37.9 Å². The van der Waals surface area contributed by atoms with E-state index in [-0.39, 0.29) is 17.9 Å². The van der Waals surface area contributed by atoms with Gasteiger partial charge in [-0.1, -0.05) is 55.8 Å². The van der Waals surface area contributed by atoms with Crippen molar-refractivity contribution in [3.8, 4) is 0 Å². The van der Waals surface area contributed by atoms with Crippen LogP contribution >= 0.6 is 0 Å². The topological polar surface area (TPSA) is 73.8 Å². The van der Waals surface area contributed by atoms with Crippen molar-refractivity contribution < 1.29 is 9.59 Å². The number of hydrogen-bond donors (Lipinski definition) is 2. The summed E-state index contributed by atoms with van der Waals surface area (Å²) in [5, 5.41) is 6.04. The van der Waals surface area contributed by atoms with Gasteiger partial charge in [0.1, 0.15) is 5.92 Å². The van der Waals surface area contributed by atoms with Gasteiger partial charge >= 0.3 is 0 Å². The molecule has 0 radical (unpaired) electrons. The van der Waals surface area contributed by atoms with E-state index in [0.29, 0.717) is 5.56 Å². The number of benzene rings is 3. The Bertz CT molecular complexity index is 1260. The maximum Gasteiger partial charge on any atom is 0.251 e. The molecule has 2 amide bonds. The van der Waals surface area contributed by atoms with Gasteiger partial charge in [-0.25, -0.2) is 0 Å². The lowest BCUT2D eigenvalue weighted by molar-refractivity contribution is -0.115. The molecule has 1 fully saturated rings. The van der Waals surface area contributed by atoms with Crippen LogP contribution in [-0.2, 0) is 11.3 Å². The van der Waals surface area contributed by atoms with Crippen LogP contribution in [0.1, 0.15) is 71.6 Å². The number of carbonyl (C=O) groups excluding carboxylic acids is 2. The Labute approximate surface area is 218 Å². The molecule has 2 unspecified atom stereocenters. The zero-order chi connectivity index (χ0) is 25.6. The first kappa shape index (κ1) is 24.9. The van der Waals surface area contributed by atoms with Gasteiger partial charge < -0.3 is 10.6 Å². The van der Waals surface area contributed by atoms with Crippen LogP contribution in [0.25, 0.3) is 0 Å². The van der Waals surface area contributed by atoms with Gasteiger partial charge in [0.15, 0.2) is 0 Å². The van der Waals surface area contributed by atoms with Crippen molar-refractivity contribution in [1.82, 2.24) is 10.2 Å². The molecule has 37 heavy (non-hydrogen) atoms. The van der Waals surface area contributed by atoms with Gasteiger partial charge in [-0.3, -0.25) is 19.5 Å². The van der Waals surface area contributed by atoms with Crippen LogP contribution < -0.4 is 10.6 Å². The highest BCUT2D eigenvalue weighted by molar-refractivity contribution is 6.13. The van der Waals surface area contributed by atoms with Gasteiger partial charge in [0, 0.05) is 24.0 Å². The summed E-state index contributed by atoms with van der Waals surface area (Å²) in [4.78, 5) is 32.9. The lowest BCUT2D eigenvalue weighted by atomic mass is 9.98. The van der Waals surface area contributed by atoms with Crippen molar-refractivity contribution in [3.63, 3.8) is 0 Å². The molecule has 5 rings (SSSR count). The number of nitrogens with one attached hydrogen (secondary N) is 2. The minimum absolute atomic E-state index is 0.0723. The number of piperidine rings is 1. The second kappa shape index (κ2) is 11.5. The highest BCUT2D eigenvalue weighted by Crippen LogP contribution is 2.33. The Kier molecular flexibility index (Phi) is 7.76. The summed E-state index contributed by atoms with van der Waals surface area (Å²) in [5.41, 5.74) is 5.20. The SMILES string of the molecule is CCC(NC(=O)c1ccc2c(c1)C(C=Nc1ccc(CN3CCCCC3)cc1)C(=O)N2)c1ccccc1. The van der Waals surface area contributed by atoms with E-state index < -0.39 is 5.92 Å². The standard InChI is InChI=1S/C31H34N4O2/c1-2-28(23-9-5-3-6-10-23)33-30(36)24-13-16-29-26(19-24)27(31(37)34-29)20-32-25-14-11-22(12-15-25)21-35-17-7-4-8-18-35/h3,5-6,9-16,19-20,27-28H,2,4,7-8,17-18,21H2,1H3,(H,33,36)(H,34,37). The number of aliphatic imine (C=N–C) groups is 1. The molecule has 1 saturated heterocycles. The molecule has 190 valence electrons. The molecular formula is C31H34N4O2. The Hall–Kier alpha value is -3.77. The molecular weight excluding hydrogens is 460 g/mol. The number of amides is 2. The normalized spacial score (nSPS) is 18.4. The highest BCUT2D eigenvalue weighted by atomic mass is 16.2. The minimum Gasteiger partial charge on any atom is -0.345 e. The first-order valence-corrected chi connectivity index (χ1v) is 13.3. The molecule has 2 aliphatic heterocycles. The largest absolute Gasteiger partial charge is 0.345 e. The summed E-state index contributed by atoms with van der Waals surface area (Å²) in [6, 6.07) is 23.5. The third-order valence-corrected chi connectivity index (χ3v) is 7.27. The second-order valence-corrected chi connectivity index (χ2v) is 9.90. The van der Waals surface area contributed by atoms with Crippen molar-refractivity contribution in [3.05, 3.63) is 95.1 Å². The molecule has 0 saturated carbocycles. The quantitative estimate of drug-likeness (QED) is 0.378. The van der Waals surface area contributed by atoms with Gasteiger partial charge in [-0.15, -0.1) is 0 Å². The van der Waals surface area contributed by atoms with Crippen molar-refractivity contribution in [2.75, 3.05) is 18.4 Å². The predicted octanol–water partition coefficient (Wildman–Crippen LogP) is 5.99. The van der Waals surface area contributed by atoms with Crippen LogP contribution in [0.3, 0.4) is 0 Å². The summed E-state index contributed by atoms with van der Waals surface area (Å²) in [6.45, 7) is 5.36.